The van der Waals surface area contributed by atoms with Gasteiger partial charge in [0.05, 0.1) is 0 Å². The second-order valence-electron chi connectivity index (χ2n) is 18.8. The number of ether oxygens (including phenoxy) is 1. The molecule has 0 aromatic heterocycles. The van der Waals surface area contributed by atoms with Gasteiger partial charge in [-0.3, -0.25) is 4.79 Å². The molecule has 0 heterocycles. The second-order valence-corrected chi connectivity index (χ2v) is 18.8. The Bertz CT molecular complexity index is 948. The molecule has 4 rings (SSSR count). The number of rotatable bonds is 21. The molecule has 0 spiro atoms. The van der Waals surface area contributed by atoms with Gasteiger partial charge in [0.25, 0.3) is 0 Å². The zero-order chi connectivity index (χ0) is 33.9. The lowest BCUT2D eigenvalue weighted by Crippen LogP contribution is -2.51. The Morgan fingerprint density at radius 3 is 1.94 bits per heavy atom. The van der Waals surface area contributed by atoms with Gasteiger partial charge in [0.2, 0.25) is 0 Å². The number of carbonyl (C=O) groups is 1. The van der Waals surface area contributed by atoms with Crippen molar-refractivity contribution in [2.24, 2.45) is 52.3 Å². The van der Waals surface area contributed by atoms with E-state index in [1.165, 1.54) is 135 Å². The first-order chi connectivity index (χ1) is 22.5. The number of hydrogen-bond donors (Lipinski definition) is 0. The molecule has 0 radical (unpaired) electrons. The van der Waals surface area contributed by atoms with Crippen LogP contribution in [-0.2, 0) is 9.53 Å². The lowest BCUT2D eigenvalue weighted by Gasteiger charge is -2.58. The van der Waals surface area contributed by atoms with Gasteiger partial charge < -0.3 is 4.74 Å². The molecule has 0 aliphatic heterocycles. The van der Waals surface area contributed by atoms with Gasteiger partial charge in [-0.15, -0.1) is 0 Å². The summed E-state index contributed by atoms with van der Waals surface area (Å²) in [5.41, 5.74) is 2.54. The summed E-state index contributed by atoms with van der Waals surface area (Å²) < 4.78 is 6.13. The molecular weight excluding hydrogens is 572 g/mol. The minimum absolute atomic E-state index is 0.0641. The van der Waals surface area contributed by atoms with Crippen molar-refractivity contribution in [2.45, 2.75) is 215 Å². The van der Waals surface area contributed by atoms with Crippen LogP contribution in [0.15, 0.2) is 11.6 Å². The van der Waals surface area contributed by atoms with E-state index >= 15 is 0 Å². The lowest BCUT2D eigenvalue weighted by atomic mass is 9.47. The van der Waals surface area contributed by atoms with Crippen LogP contribution in [0, 0.1) is 52.3 Å². The third-order valence-corrected chi connectivity index (χ3v) is 14.5. The van der Waals surface area contributed by atoms with Gasteiger partial charge in [-0.25, -0.2) is 0 Å². The third-order valence-electron chi connectivity index (χ3n) is 14.5. The number of unbranched alkanes of at least 4 members (excludes halogenated alkanes) is 11. The van der Waals surface area contributed by atoms with Crippen molar-refractivity contribution in [3.63, 3.8) is 0 Å². The van der Waals surface area contributed by atoms with Gasteiger partial charge in [-0.1, -0.05) is 156 Å². The molecule has 2 heteroatoms. The van der Waals surface area contributed by atoms with Crippen LogP contribution in [0.2, 0.25) is 0 Å². The highest BCUT2D eigenvalue weighted by Gasteiger charge is 2.59. The Morgan fingerprint density at radius 2 is 1.30 bits per heavy atom. The van der Waals surface area contributed by atoms with Crippen molar-refractivity contribution < 1.29 is 9.53 Å². The number of carbonyl (C=O) groups excluding carboxylic acids is 1. The van der Waals surface area contributed by atoms with Gasteiger partial charge in [0.15, 0.2) is 0 Å². The fourth-order valence-corrected chi connectivity index (χ4v) is 11.6. The largest absolute Gasteiger partial charge is 0.462 e. The highest BCUT2D eigenvalue weighted by atomic mass is 16.5. The molecular formula is C45H80O2. The van der Waals surface area contributed by atoms with Crippen LogP contribution in [0.3, 0.4) is 0 Å². The fraction of sp³-hybridized carbons (Fsp3) is 0.933. The van der Waals surface area contributed by atoms with E-state index in [2.05, 4.69) is 54.5 Å². The molecule has 1 unspecified atom stereocenters. The quantitative estimate of drug-likeness (QED) is 0.0700. The minimum atomic E-state index is 0.0641. The fourth-order valence-electron chi connectivity index (χ4n) is 11.6. The topological polar surface area (TPSA) is 26.3 Å². The average molecular weight is 653 g/mol. The number of hydrogen-bond acceptors (Lipinski definition) is 2. The summed E-state index contributed by atoms with van der Waals surface area (Å²) in [6.07, 6.45) is 35.5. The zero-order valence-corrected chi connectivity index (χ0v) is 32.7. The maximum absolute atomic E-state index is 12.8. The van der Waals surface area contributed by atoms with Crippen LogP contribution in [0.1, 0.15) is 209 Å². The Morgan fingerprint density at radius 1 is 0.702 bits per heavy atom. The molecule has 0 aromatic rings. The van der Waals surface area contributed by atoms with Crippen LogP contribution in [-0.4, -0.2) is 12.1 Å². The molecule has 0 saturated heterocycles. The van der Waals surface area contributed by atoms with E-state index in [4.69, 9.17) is 4.74 Å². The minimum Gasteiger partial charge on any atom is -0.462 e. The van der Waals surface area contributed by atoms with Crippen molar-refractivity contribution in [1.82, 2.24) is 0 Å². The molecule has 272 valence electrons. The molecule has 4 aliphatic rings. The van der Waals surface area contributed by atoms with E-state index in [0.717, 1.165) is 60.7 Å². The first-order valence-corrected chi connectivity index (χ1v) is 21.4. The average Bonchev–Trinajstić information content (AvgIpc) is 3.38. The van der Waals surface area contributed by atoms with E-state index in [1.54, 1.807) is 5.57 Å². The lowest BCUT2D eigenvalue weighted by molar-refractivity contribution is -0.151. The molecule has 0 bridgehead atoms. The van der Waals surface area contributed by atoms with Crippen molar-refractivity contribution in [2.75, 3.05) is 0 Å². The van der Waals surface area contributed by atoms with Gasteiger partial charge >= 0.3 is 5.97 Å². The third kappa shape index (κ3) is 10.8. The first-order valence-electron chi connectivity index (χ1n) is 21.4. The molecule has 8 atom stereocenters. The van der Waals surface area contributed by atoms with Crippen LogP contribution in [0.25, 0.3) is 0 Å². The Kier molecular flexibility index (Phi) is 15.8. The standard InChI is InChI=1S/C45H80O2/c1-34(2)21-18-16-14-12-10-8-9-11-13-15-17-19-24-43(46)47-38-29-31-44(6)37(33-38)25-26-39-41-28-27-40(36(5)23-20-22-35(3)4)45(41,7)32-30-42(39)44/h25,34-36,38-42H,8-24,26-33H2,1-7H3/t36-,38?,39+,40-,41+,42+,44+,45-/m1/s1. The maximum atomic E-state index is 12.8. The summed E-state index contributed by atoms with van der Waals surface area (Å²) in [5.74, 6) is 6.20. The van der Waals surface area contributed by atoms with Crippen LogP contribution in [0.5, 0.6) is 0 Å². The smallest absolute Gasteiger partial charge is 0.306 e. The van der Waals surface area contributed by atoms with Crippen molar-refractivity contribution in [3.8, 4) is 0 Å². The van der Waals surface area contributed by atoms with E-state index in [-0.39, 0.29) is 12.1 Å². The van der Waals surface area contributed by atoms with Crippen molar-refractivity contribution in [1.29, 1.82) is 0 Å². The van der Waals surface area contributed by atoms with Gasteiger partial charge in [0.1, 0.15) is 6.10 Å². The number of fused-ring (bicyclic) bond motifs is 5. The molecule has 0 N–H and O–H groups in total. The highest BCUT2D eigenvalue weighted by Crippen LogP contribution is 2.67. The van der Waals surface area contributed by atoms with E-state index in [9.17, 15) is 4.79 Å². The second kappa shape index (κ2) is 19.0. The SMILES string of the molecule is CC(C)CCCCCCCCCCCCCCC(=O)OC1CC[C@@]2(C)C(=CC[C@H]3[C@@H]4CC[C@H]([C@H](C)CCCC(C)C)[C@@]4(C)CC[C@@H]32)C1. The molecule has 3 saturated carbocycles. The maximum Gasteiger partial charge on any atom is 0.306 e. The van der Waals surface area contributed by atoms with Gasteiger partial charge in [-0.2, -0.15) is 0 Å². The Hall–Kier alpha value is -0.790. The molecule has 47 heavy (non-hydrogen) atoms. The predicted octanol–water partition coefficient (Wildman–Crippen LogP) is 14.1. The normalized spacial score (nSPS) is 32.5. The Balaban J connectivity index is 1.11. The van der Waals surface area contributed by atoms with E-state index < -0.39 is 0 Å². The number of allylic oxidation sites excluding steroid dienone is 1. The molecule has 0 aromatic carbocycles. The molecule has 3 fully saturated rings. The van der Waals surface area contributed by atoms with Crippen molar-refractivity contribution >= 4 is 5.97 Å². The summed E-state index contributed by atoms with van der Waals surface area (Å²) in [6.45, 7) is 17.3. The monoisotopic (exact) mass is 653 g/mol. The summed E-state index contributed by atoms with van der Waals surface area (Å²) in [6, 6.07) is 0. The highest BCUT2D eigenvalue weighted by molar-refractivity contribution is 5.69. The summed E-state index contributed by atoms with van der Waals surface area (Å²) >= 11 is 0. The van der Waals surface area contributed by atoms with Gasteiger partial charge in [0, 0.05) is 12.8 Å². The molecule has 0 amide bonds. The Labute approximate surface area is 293 Å². The van der Waals surface area contributed by atoms with Crippen LogP contribution >= 0.6 is 0 Å². The zero-order valence-electron chi connectivity index (χ0n) is 32.7. The van der Waals surface area contributed by atoms with Crippen LogP contribution in [0.4, 0.5) is 0 Å². The van der Waals surface area contributed by atoms with E-state index in [0.29, 0.717) is 17.3 Å². The molecule has 2 nitrogen and oxygen atoms in total. The van der Waals surface area contributed by atoms with Crippen LogP contribution < -0.4 is 0 Å². The van der Waals surface area contributed by atoms with E-state index in [1.807, 2.05) is 0 Å². The first kappa shape index (κ1) is 39.0. The summed E-state index contributed by atoms with van der Waals surface area (Å²) in [4.78, 5) is 12.8. The summed E-state index contributed by atoms with van der Waals surface area (Å²) in [7, 11) is 0. The van der Waals surface area contributed by atoms with Crippen molar-refractivity contribution in [3.05, 3.63) is 11.6 Å². The van der Waals surface area contributed by atoms with Gasteiger partial charge in [-0.05, 0) is 104 Å². The number of esters is 1. The molecule has 4 aliphatic carbocycles. The predicted molar refractivity (Wildman–Crippen MR) is 202 cm³/mol. The summed E-state index contributed by atoms with van der Waals surface area (Å²) in [5, 5.41) is 0.